The first-order chi connectivity index (χ1) is 13.2. The third-order valence-corrected chi connectivity index (χ3v) is 3.90. The van der Waals surface area contributed by atoms with Gasteiger partial charge in [0.15, 0.2) is 11.7 Å². The summed E-state index contributed by atoms with van der Waals surface area (Å²) in [5, 5.41) is 9.62. The van der Waals surface area contributed by atoms with E-state index in [-0.39, 0.29) is 42.2 Å². The highest BCUT2D eigenvalue weighted by Gasteiger charge is 2.36. The molecule has 1 unspecified atom stereocenters. The van der Waals surface area contributed by atoms with Crippen LogP contribution in [0.2, 0.25) is 0 Å². The zero-order valence-electron chi connectivity index (χ0n) is 16.9. The van der Waals surface area contributed by atoms with Crippen LogP contribution in [0.25, 0.3) is 0 Å². The number of ether oxygens (including phenoxy) is 1. The Bertz CT molecular complexity index is 807. The van der Waals surface area contributed by atoms with E-state index in [2.05, 4.69) is 20.7 Å². The Morgan fingerprint density at radius 3 is 2.59 bits per heavy atom. The highest BCUT2D eigenvalue weighted by Crippen LogP contribution is 2.30. The second kappa shape index (κ2) is 11.3. The van der Waals surface area contributed by atoms with E-state index >= 15 is 0 Å². The molecule has 0 fully saturated rings. The van der Waals surface area contributed by atoms with Crippen molar-refractivity contribution in [2.24, 2.45) is 12.0 Å². The number of guanidine groups is 1. The van der Waals surface area contributed by atoms with Crippen molar-refractivity contribution in [3.63, 3.8) is 0 Å². The van der Waals surface area contributed by atoms with Gasteiger partial charge in [-0.2, -0.15) is 18.3 Å². The van der Waals surface area contributed by atoms with E-state index in [4.69, 9.17) is 4.74 Å². The van der Waals surface area contributed by atoms with E-state index in [9.17, 15) is 13.2 Å². The van der Waals surface area contributed by atoms with E-state index in [1.165, 1.54) is 13.2 Å². The molecular formula is C19H27F3IN5O. The maximum atomic E-state index is 13.1. The minimum absolute atomic E-state index is 0. The molecule has 1 atom stereocenters. The van der Waals surface area contributed by atoms with E-state index in [1.54, 1.807) is 0 Å². The summed E-state index contributed by atoms with van der Waals surface area (Å²) >= 11 is 0. The summed E-state index contributed by atoms with van der Waals surface area (Å²) in [6, 6.07) is 7.70. The van der Waals surface area contributed by atoms with E-state index in [0.29, 0.717) is 19.0 Å². The van der Waals surface area contributed by atoms with Gasteiger partial charge in [-0.3, -0.25) is 4.68 Å². The Hall–Kier alpha value is -1.98. The zero-order valence-corrected chi connectivity index (χ0v) is 19.2. The number of alkyl halides is 3. The Balaban J connectivity index is 0.00000420. The molecular weight excluding hydrogens is 498 g/mol. The number of benzene rings is 1. The zero-order chi connectivity index (χ0) is 20.7. The smallest absolute Gasteiger partial charge is 0.435 e. The summed E-state index contributed by atoms with van der Waals surface area (Å²) in [6.45, 7) is 6.65. The summed E-state index contributed by atoms with van der Waals surface area (Å²) in [7, 11) is 1.45. The van der Waals surface area contributed by atoms with Gasteiger partial charge in [0.2, 0.25) is 0 Å². The maximum absolute atomic E-state index is 13.1. The first kappa shape index (κ1) is 25.1. The molecule has 162 valence electrons. The number of rotatable bonds is 7. The summed E-state index contributed by atoms with van der Waals surface area (Å²) < 4.78 is 46.2. The first-order valence-electron chi connectivity index (χ1n) is 9.05. The molecule has 0 aliphatic heterocycles. The number of hydrogen-bond donors (Lipinski definition) is 2. The average Bonchev–Trinajstić information content (AvgIpc) is 3.00. The molecule has 10 heteroatoms. The molecule has 0 radical (unpaired) electrons. The normalized spacial score (nSPS) is 12.9. The van der Waals surface area contributed by atoms with Crippen LogP contribution in [0.15, 0.2) is 35.5 Å². The quantitative estimate of drug-likeness (QED) is 0.327. The molecule has 6 nitrogen and oxygen atoms in total. The van der Waals surface area contributed by atoms with E-state index in [1.807, 2.05) is 45.0 Å². The second-order valence-electron chi connectivity index (χ2n) is 6.44. The van der Waals surface area contributed by atoms with Crippen LogP contribution in [0.5, 0.6) is 5.75 Å². The van der Waals surface area contributed by atoms with Gasteiger partial charge in [-0.05, 0) is 32.4 Å². The Morgan fingerprint density at radius 1 is 1.28 bits per heavy atom. The van der Waals surface area contributed by atoms with Crippen LogP contribution in [-0.2, 0) is 19.8 Å². The van der Waals surface area contributed by atoms with E-state index in [0.717, 1.165) is 16.0 Å². The number of aliphatic imine (C=N–C) groups is 1. The fourth-order valence-electron chi connectivity index (χ4n) is 2.59. The van der Waals surface area contributed by atoms with Gasteiger partial charge in [0.05, 0.1) is 13.1 Å². The molecule has 2 N–H and O–H groups in total. The van der Waals surface area contributed by atoms with Crippen LogP contribution < -0.4 is 15.4 Å². The van der Waals surface area contributed by atoms with Crippen molar-refractivity contribution >= 4 is 29.9 Å². The molecule has 29 heavy (non-hydrogen) atoms. The van der Waals surface area contributed by atoms with Crippen molar-refractivity contribution in [2.75, 3.05) is 13.1 Å². The third-order valence-electron chi connectivity index (χ3n) is 3.90. The van der Waals surface area contributed by atoms with Gasteiger partial charge in [0.25, 0.3) is 0 Å². The highest BCUT2D eigenvalue weighted by molar-refractivity contribution is 14.0. The topological polar surface area (TPSA) is 63.5 Å². The molecule has 0 aliphatic carbocycles. The Kier molecular flexibility index (Phi) is 9.74. The van der Waals surface area contributed by atoms with Crippen LogP contribution in [0.1, 0.15) is 30.7 Å². The minimum Gasteiger partial charge on any atom is -0.489 e. The lowest BCUT2D eigenvalue weighted by Gasteiger charge is -2.18. The second-order valence-corrected chi connectivity index (χ2v) is 6.44. The lowest BCUT2D eigenvalue weighted by molar-refractivity contribution is -0.142. The molecule has 0 aliphatic rings. The predicted molar refractivity (Wildman–Crippen MR) is 118 cm³/mol. The molecule has 0 spiro atoms. The standard InChI is InChI=1S/C19H26F3N5O.HI/c1-5-23-18(24-10-14(3)28-16-9-7-6-8-13(16)2)25-11-15-12-27(4)26-17(15)19(20,21)22;/h6-9,12,14H,5,10-11H2,1-4H3,(H2,23,24,25);1H. The third kappa shape index (κ3) is 7.75. The van der Waals surface area contributed by atoms with Gasteiger partial charge < -0.3 is 15.4 Å². The monoisotopic (exact) mass is 525 g/mol. The van der Waals surface area contributed by atoms with Gasteiger partial charge >= 0.3 is 6.18 Å². The molecule has 0 amide bonds. The van der Waals surface area contributed by atoms with Crippen LogP contribution in [0.4, 0.5) is 13.2 Å². The summed E-state index contributed by atoms with van der Waals surface area (Å²) in [4.78, 5) is 4.25. The Labute approximate surface area is 185 Å². The number of para-hydroxylation sites is 1. The predicted octanol–water partition coefficient (Wildman–Crippen LogP) is 3.89. The fraction of sp³-hybridized carbons (Fsp3) is 0.474. The van der Waals surface area contributed by atoms with Gasteiger partial charge in [-0.25, -0.2) is 4.99 Å². The lowest BCUT2D eigenvalue weighted by atomic mass is 10.2. The van der Waals surface area contributed by atoms with Crippen molar-refractivity contribution in [1.82, 2.24) is 20.4 Å². The number of nitrogens with zero attached hydrogens (tertiary/aromatic N) is 3. The van der Waals surface area contributed by atoms with Crippen LogP contribution in [-0.4, -0.2) is 34.9 Å². The SMILES string of the molecule is CCNC(=NCc1cn(C)nc1C(F)(F)F)NCC(C)Oc1ccccc1C.I. The molecule has 0 bridgehead atoms. The lowest BCUT2D eigenvalue weighted by Crippen LogP contribution is -2.41. The van der Waals surface area contributed by atoms with Gasteiger partial charge in [-0.15, -0.1) is 24.0 Å². The molecule has 1 aromatic heterocycles. The molecule has 0 saturated carbocycles. The Morgan fingerprint density at radius 2 is 1.97 bits per heavy atom. The van der Waals surface area contributed by atoms with Crippen LogP contribution in [0.3, 0.4) is 0 Å². The summed E-state index contributed by atoms with van der Waals surface area (Å²) in [5.74, 6) is 1.21. The molecule has 1 heterocycles. The molecule has 2 rings (SSSR count). The fourth-order valence-corrected chi connectivity index (χ4v) is 2.59. The number of hydrogen-bond acceptors (Lipinski definition) is 3. The number of nitrogens with one attached hydrogen (secondary N) is 2. The molecule has 2 aromatic rings. The summed E-state index contributed by atoms with van der Waals surface area (Å²) in [5.41, 5.74) is 0.147. The molecule has 1 aromatic carbocycles. The number of aromatic nitrogens is 2. The van der Waals surface area contributed by atoms with Gasteiger partial charge in [-0.1, -0.05) is 18.2 Å². The maximum Gasteiger partial charge on any atom is 0.435 e. The van der Waals surface area contributed by atoms with Crippen molar-refractivity contribution in [1.29, 1.82) is 0 Å². The molecule has 0 saturated heterocycles. The van der Waals surface area contributed by atoms with Gasteiger partial charge in [0.1, 0.15) is 11.9 Å². The largest absolute Gasteiger partial charge is 0.489 e. The van der Waals surface area contributed by atoms with Crippen molar-refractivity contribution in [3.05, 3.63) is 47.3 Å². The number of halogens is 4. The van der Waals surface area contributed by atoms with Gasteiger partial charge in [0, 0.05) is 25.4 Å². The van der Waals surface area contributed by atoms with Crippen molar-refractivity contribution in [2.45, 2.75) is 39.6 Å². The summed E-state index contributed by atoms with van der Waals surface area (Å²) in [6.07, 6.45) is -3.33. The number of aryl methyl sites for hydroxylation is 2. The minimum atomic E-state index is -4.51. The highest BCUT2D eigenvalue weighted by atomic mass is 127. The van der Waals surface area contributed by atoms with Crippen molar-refractivity contribution < 1.29 is 17.9 Å². The van der Waals surface area contributed by atoms with Crippen LogP contribution >= 0.6 is 24.0 Å². The average molecular weight is 525 g/mol. The van der Waals surface area contributed by atoms with Crippen LogP contribution in [0, 0.1) is 6.92 Å². The van der Waals surface area contributed by atoms with E-state index < -0.39 is 11.9 Å². The first-order valence-corrected chi connectivity index (χ1v) is 9.05. The van der Waals surface area contributed by atoms with Crippen molar-refractivity contribution in [3.8, 4) is 5.75 Å².